The summed E-state index contributed by atoms with van der Waals surface area (Å²) in [6.45, 7) is 0. The van der Waals surface area contributed by atoms with Crippen molar-refractivity contribution >= 4 is 17.6 Å². The molecule has 3 amide bonds. The van der Waals surface area contributed by atoms with E-state index in [-0.39, 0.29) is 5.69 Å². The molecule has 0 aliphatic rings. The van der Waals surface area contributed by atoms with Crippen LogP contribution in [0.4, 0.5) is 14.9 Å². The van der Waals surface area contributed by atoms with Crippen LogP contribution >= 0.6 is 0 Å². The number of urea groups is 1. The van der Waals surface area contributed by atoms with Crippen LogP contribution in [0.25, 0.3) is 0 Å². The van der Waals surface area contributed by atoms with Crippen LogP contribution < -0.4 is 10.6 Å². The summed E-state index contributed by atoms with van der Waals surface area (Å²) in [7, 11) is 0. The summed E-state index contributed by atoms with van der Waals surface area (Å²) in [5.74, 6) is -0.985. The van der Waals surface area contributed by atoms with Crippen LogP contribution in [0.5, 0.6) is 0 Å². The van der Waals surface area contributed by atoms with Crippen molar-refractivity contribution in [2.75, 3.05) is 5.32 Å². The van der Waals surface area contributed by atoms with Gasteiger partial charge in [0.25, 0.3) is 5.91 Å². The van der Waals surface area contributed by atoms with Crippen molar-refractivity contribution < 1.29 is 14.0 Å². The molecule has 0 unspecified atom stereocenters. The zero-order valence-corrected chi connectivity index (χ0v) is 9.89. The van der Waals surface area contributed by atoms with E-state index >= 15 is 0 Å². The monoisotopic (exact) mass is 258 g/mol. The highest BCUT2D eigenvalue weighted by Gasteiger charge is 2.09. The number of halogens is 1. The Labute approximate surface area is 109 Å². The highest BCUT2D eigenvalue weighted by molar-refractivity contribution is 6.07. The Balaban J connectivity index is 1.97. The van der Waals surface area contributed by atoms with Crippen LogP contribution in [0.15, 0.2) is 54.6 Å². The summed E-state index contributed by atoms with van der Waals surface area (Å²) in [5.41, 5.74) is 0.648. The van der Waals surface area contributed by atoms with Crippen LogP contribution in [0.2, 0.25) is 0 Å². The average molecular weight is 258 g/mol. The van der Waals surface area contributed by atoms with E-state index in [1.807, 2.05) is 0 Å². The zero-order chi connectivity index (χ0) is 13.7. The average Bonchev–Trinajstić information content (AvgIpc) is 2.39. The first-order valence-electron chi connectivity index (χ1n) is 5.58. The molecule has 0 fully saturated rings. The van der Waals surface area contributed by atoms with Gasteiger partial charge in [-0.3, -0.25) is 10.1 Å². The van der Waals surface area contributed by atoms with Gasteiger partial charge in [0, 0.05) is 11.3 Å². The van der Waals surface area contributed by atoms with Crippen molar-refractivity contribution in [1.82, 2.24) is 5.32 Å². The molecule has 2 N–H and O–H groups in total. The standard InChI is InChI=1S/C14H11FN2O2/c15-11-7-4-8-12(9-11)16-14(19)17-13(18)10-5-2-1-3-6-10/h1-9H,(H2,16,17,18,19). The molecule has 0 heterocycles. The first-order valence-corrected chi connectivity index (χ1v) is 5.58. The molecule has 4 nitrogen and oxygen atoms in total. The lowest BCUT2D eigenvalue weighted by Gasteiger charge is -2.06. The minimum absolute atomic E-state index is 0.276. The van der Waals surface area contributed by atoms with E-state index in [4.69, 9.17) is 0 Å². The van der Waals surface area contributed by atoms with Crippen LogP contribution in [0, 0.1) is 5.82 Å². The van der Waals surface area contributed by atoms with Gasteiger partial charge < -0.3 is 5.32 Å². The minimum atomic E-state index is -0.709. The summed E-state index contributed by atoms with van der Waals surface area (Å²) < 4.78 is 12.9. The van der Waals surface area contributed by atoms with E-state index in [1.165, 1.54) is 18.2 Å². The number of amides is 3. The Morgan fingerprint density at radius 1 is 0.947 bits per heavy atom. The molecular formula is C14H11FN2O2. The molecule has 0 spiro atoms. The summed E-state index contributed by atoms with van der Waals surface area (Å²) >= 11 is 0. The first kappa shape index (κ1) is 12.8. The predicted octanol–water partition coefficient (Wildman–Crippen LogP) is 2.79. The fourth-order valence-electron chi connectivity index (χ4n) is 1.49. The topological polar surface area (TPSA) is 58.2 Å². The molecular weight excluding hydrogens is 247 g/mol. The van der Waals surface area contributed by atoms with Crippen LogP contribution in [-0.4, -0.2) is 11.9 Å². The molecule has 96 valence electrons. The highest BCUT2D eigenvalue weighted by Crippen LogP contribution is 2.08. The Morgan fingerprint density at radius 3 is 2.37 bits per heavy atom. The number of imide groups is 1. The lowest BCUT2D eigenvalue weighted by atomic mass is 10.2. The normalized spacial score (nSPS) is 9.74. The lowest BCUT2D eigenvalue weighted by molar-refractivity contribution is 0.0967. The van der Waals surface area contributed by atoms with Gasteiger partial charge in [-0.15, -0.1) is 0 Å². The fraction of sp³-hybridized carbons (Fsp3) is 0. The summed E-state index contributed by atoms with van der Waals surface area (Å²) in [6.07, 6.45) is 0. The summed E-state index contributed by atoms with van der Waals surface area (Å²) in [5, 5.41) is 4.53. The molecule has 2 rings (SSSR count). The number of carbonyl (C=O) groups excluding carboxylic acids is 2. The second-order valence-corrected chi connectivity index (χ2v) is 3.78. The van der Waals surface area contributed by atoms with Gasteiger partial charge in [-0.1, -0.05) is 24.3 Å². The van der Waals surface area contributed by atoms with Crippen molar-refractivity contribution in [3.05, 3.63) is 66.0 Å². The van der Waals surface area contributed by atoms with E-state index < -0.39 is 17.8 Å². The fourth-order valence-corrected chi connectivity index (χ4v) is 1.49. The second kappa shape index (κ2) is 5.77. The third-order valence-electron chi connectivity index (χ3n) is 2.35. The first-order chi connectivity index (χ1) is 9.15. The van der Waals surface area contributed by atoms with Crippen molar-refractivity contribution in [3.8, 4) is 0 Å². The third kappa shape index (κ3) is 3.64. The van der Waals surface area contributed by atoms with Crippen molar-refractivity contribution in [2.45, 2.75) is 0 Å². The predicted molar refractivity (Wildman–Crippen MR) is 69.3 cm³/mol. The molecule has 2 aromatic rings. The van der Waals surface area contributed by atoms with Gasteiger partial charge in [0.05, 0.1) is 0 Å². The Morgan fingerprint density at radius 2 is 1.68 bits per heavy atom. The van der Waals surface area contributed by atoms with Crippen molar-refractivity contribution in [2.24, 2.45) is 0 Å². The number of hydrogen-bond donors (Lipinski definition) is 2. The summed E-state index contributed by atoms with van der Waals surface area (Å²) in [6, 6.07) is 13.0. The van der Waals surface area contributed by atoms with Gasteiger partial charge in [0.15, 0.2) is 0 Å². The van der Waals surface area contributed by atoms with Crippen LogP contribution in [-0.2, 0) is 0 Å². The van der Waals surface area contributed by atoms with E-state index in [1.54, 1.807) is 30.3 Å². The molecule has 0 saturated heterocycles. The lowest BCUT2D eigenvalue weighted by Crippen LogP contribution is -2.34. The van der Waals surface area contributed by atoms with E-state index in [2.05, 4.69) is 10.6 Å². The molecule has 0 atom stereocenters. The molecule has 5 heteroatoms. The molecule has 0 bridgehead atoms. The van der Waals surface area contributed by atoms with Gasteiger partial charge in [-0.05, 0) is 30.3 Å². The number of hydrogen-bond acceptors (Lipinski definition) is 2. The number of nitrogens with one attached hydrogen (secondary N) is 2. The number of anilines is 1. The molecule has 0 aliphatic heterocycles. The molecule has 0 radical (unpaired) electrons. The highest BCUT2D eigenvalue weighted by atomic mass is 19.1. The number of rotatable bonds is 2. The van der Waals surface area contributed by atoms with Gasteiger partial charge >= 0.3 is 6.03 Å². The number of carbonyl (C=O) groups is 2. The molecule has 0 aliphatic carbocycles. The van der Waals surface area contributed by atoms with Crippen molar-refractivity contribution in [3.63, 3.8) is 0 Å². The molecule has 0 aromatic heterocycles. The Kier molecular flexibility index (Phi) is 3.87. The SMILES string of the molecule is O=C(NC(=O)c1ccccc1)Nc1cccc(F)c1. The second-order valence-electron chi connectivity index (χ2n) is 3.78. The molecule has 19 heavy (non-hydrogen) atoms. The maximum atomic E-state index is 12.9. The third-order valence-corrected chi connectivity index (χ3v) is 2.35. The zero-order valence-electron chi connectivity index (χ0n) is 9.89. The van der Waals surface area contributed by atoms with Gasteiger partial charge in [0.1, 0.15) is 5.82 Å². The van der Waals surface area contributed by atoms with E-state index in [0.717, 1.165) is 6.07 Å². The smallest absolute Gasteiger partial charge is 0.308 e. The Hall–Kier alpha value is -2.69. The van der Waals surface area contributed by atoms with Gasteiger partial charge in [-0.2, -0.15) is 0 Å². The number of benzene rings is 2. The largest absolute Gasteiger partial charge is 0.326 e. The van der Waals surface area contributed by atoms with E-state index in [9.17, 15) is 14.0 Å². The maximum absolute atomic E-state index is 12.9. The van der Waals surface area contributed by atoms with Crippen LogP contribution in [0.3, 0.4) is 0 Å². The molecule has 2 aromatic carbocycles. The van der Waals surface area contributed by atoms with Gasteiger partial charge in [0.2, 0.25) is 0 Å². The Bertz CT molecular complexity index is 599. The van der Waals surface area contributed by atoms with Crippen molar-refractivity contribution in [1.29, 1.82) is 0 Å². The molecule has 0 saturated carbocycles. The van der Waals surface area contributed by atoms with Gasteiger partial charge in [-0.25, -0.2) is 9.18 Å². The maximum Gasteiger partial charge on any atom is 0.326 e. The minimum Gasteiger partial charge on any atom is -0.308 e. The van der Waals surface area contributed by atoms with Crippen LogP contribution in [0.1, 0.15) is 10.4 Å². The van der Waals surface area contributed by atoms with E-state index in [0.29, 0.717) is 5.56 Å². The quantitative estimate of drug-likeness (QED) is 0.870. The summed E-state index contributed by atoms with van der Waals surface area (Å²) in [4.78, 5) is 23.2.